The second-order valence-electron chi connectivity index (χ2n) is 6.74. The molecule has 1 atom stereocenters. The molecule has 0 saturated carbocycles. The Morgan fingerprint density at radius 3 is 2.37 bits per heavy atom. The Bertz CT molecular complexity index is 843. The first-order valence-corrected chi connectivity index (χ1v) is 8.98. The zero-order valence-corrected chi connectivity index (χ0v) is 15.1. The van der Waals surface area contributed by atoms with Gasteiger partial charge in [-0.3, -0.25) is 19.3 Å². The van der Waals surface area contributed by atoms with Crippen LogP contribution in [0.25, 0.3) is 0 Å². The van der Waals surface area contributed by atoms with Crippen LogP contribution in [0.4, 0.5) is 5.69 Å². The van der Waals surface area contributed by atoms with Crippen LogP contribution in [0.3, 0.4) is 0 Å². The lowest BCUT2D eigenvalue weighted by atomic mass is 10.1. The third kappa shape index (κ3) is 4.34. The molecule has 0 aliphatic carbocycles. The summed E-state index contributed by atoms with van der Waals surface area (Å²) in [6.45, 7) is 2.33. The Hall–Kier alpha value is -3.15. The van der Waals surface area contributed by atoms with Gasteiger partial charge in [0.2, 0.25) is 0 Å². The van der Waals surface area contributed by atoms with Crippen molar-refractivity contribution in [3.63, 3.8) is 0 Å². The number of benzene rings is 2. The van der Waals surface area contributed by atoms with Gasteiger partial charge in [-0.15, -0.1) is 0 Å². The summed E-state index contributed by atoms with van der Waals surface area (Å²) in [5.74, 6) is -1.29. The van der Waals surface area contributed by atoms with Gasteiger partial charge in [-0.05, 0) is 49.6 Å². The van der Waals surface area contributed by atoms with Crippen LogP contribution in [0.2, 0.25) is 0 Å². The third-order valence-corrected chi connectivity index (χ3v) is 4.63. The van der Waals surface area contributed by atoms with E-state index in [1.54, 1.807) is 24.3 Å². The molecule has 1 aliphatic rings. The van der Waals surface area contributed by atoms with Crippen LogP contribution >= 0.6 is 0 Å². The molecule has 0 fully saturated rings. The molecule has 27 heavy (non-hydrogen) atoms. The second-order valence-corrected chi connectivity index (χ2v) is 6.74. The number of carboxylic acids is 1. The molecule has 2 amide bonds. The number of hydrogen-bond acceptors (Lipinski definition) is 4. The molecule has 1 aliphatic heterocycles. The molecule has 1 heterocycles. The summed E-state index contributed by atoms with van der Waals surface area (Å²) in [6, 6.07) is 14.6. The molecule has 2 aromatic carbocycles. The van der Waals surface area contributed by atoms with E-state index in [-0.39, 0.29) is 24.3 Å². The SMILES string of the molecule is CC(CCN1C(=O)c2ccccc2C1=O)Nc1cccc(CCC(=O)O)c1. The molecule has 6 nitrogen and oxygen atoms in total. The van der Waals surface area contributed by atoms with E-state index in [9.17, 15) is 14.4 Å². The third-order valence-electron chi connectivity index (χ3n) is 4.63. The molecule has 2 N–H and O–H groups in total. The number of carboxylic acid groups (broad SMARTS) is 1. The number of aryl methyl sites for hydroxylation is 1. The minimum absolute atomic E-state index is 0.0454. The molecular formula is C21H22N2O4. The predicted molar refractivity (Wildman–Crippen MR) is 102 cm³/mol. The van der Waals surface area contributed by atoms with Gasteiger partial charge in [0.1, 0.15) is 0 Å². The lowest BCUT2D eigenvalue weighted by Gasteiger charge is -2.19. The number of anilines is 1. The van der Waals surface area contributed by atoms with Gasteiger partial charge in [0.25, 0.3) is 11.8 Å². The van der Waals surface area contributed by atoms with Crippen molar-refractivity contribution in [1.82, 2.24) is 4.90 Å². The van der Waals surface area contributed by atoms with Crippen molar-refractivity contribution >= 4 is 23.5 Å². The van der Waals surface area contributed by atoms with Gasteiger partial charge in [0, 0.05) is 24.7 Å². The van der Waals surface area contributed by atoms with Crippen molar-refractivity contribution in [2.24, 2.45) is 0 Å². The number of nitrogens with zero attached hydrogens (tertiary/aromatic N) is 1. The van der Waals surface area contributed by atoms with Crippen LogP contribution in [0, 0.1) is 0 Å². The molecule has 3 rings (SSSR count). The van der Waals surface area contributed by atoms with E-state index < -0.39 is 5.97 Å². The van der Waals surface area contributed by atoms with Crippen molar-refractivity contribution in [1.29, 1.82) is 0 Å². The summed E-state index contributed by atoms with van der Waals surface area (Å²) in [6.07, 6.45) is 1.19. The van der Waals surface area contributed by atoms with Crippen LogP contribution < -0.4 is 5.32 Å². The molecule has 0 aromatic heterocycles. The largest absolute Gasteiger partial charge is 0.481 e. The Balaban J connectivity index is 1.55. The molecule has 6 heteroatoms. The molecular weight excluding hydrogens is 344 g/mol. The van der Waals surface area contributed by atoms with Crippen LogP contribution in [0.15, 0.2) is 48.5 Å². The summed E-state index contributed by atoms with van der Waals surface area (Å²) < 4.78 is 0. The number of carbonyl (C=O) groups excluding carboxylic acids is 2. The Kier molecular flexibility index (Phi) is 5.54. The highest BCUT2D eigenvalue weighted by Crippen LogP contribution is 2.23. The van der Waals surface area contributed by atoms with Crippen molar-refractivity contribution in [2.45, 2.75) is 32.2 Å². The van der Waals surface area contributed by atoms with E-state index in [1.165, 1.54) is 4.90 Å². The average Bonchev–Trinajstić information content (AvgIpc) is 2.89. The Labute approximate surface area is 157 Å². The number of carbonyl (C=O) groups is 3. The van der Waals surface area contributed by atoms with E-state index >= 15 is 0 Å². The van der Waals surface area contributed by atoms with Gasteiger partial charge in [0.05, 0.1) is 11.1 Å². The van der Waals surface area contributed by atoms with E-state index in [4.69, 9.17) is 5.11 Å². The van der Waals surface area contributed by atoms with Crippen molar-refractivity contribution in [2.75, 3.05) is 11.9 Å². The fourth-order valence-corrected chi connectivity index (χ4v) is 3.19. The summed E-state index contributed by atoms with van der Waals surface area (Å²) in [5, 5.41) is 12.1. The Morgan fingerprint density at radius 1 is 1.07 bits per heavy atom. The molecule has 0 spiro atoms. The van der Waals surface area contributed by atoms with Gasteiger partial charge in [-0.1, -0.05) is 24.3 Å². The first-order valence-electron chi connectivity index (χ1n) is 8.98. The maximum Gasteiger partial charge on any atom is 0.303 e. The summed E-state index contributed by atoms with van der Waals surface area (Å²) in [5.41, 5.74) is 2.78. The van der Waals surface area contributed by atoms with Crippen molar-refractivity contribution < 1.29 is 19.5 Å². The fourth-order valence-electron chi connectivity index (χ4n) is 3.19. The highest BCUT2D eigenvalue weighted by Gasteiger charge is 2.34. The maximum atomic E-state index is 12.4. The minimum atomic E-state index is -0.817. The van der Waals surface area contributed by atoms with Crippen molar-refractivity contribution in [3.8, 4) is 0 Å². The zero-order chi connectivity index (χ0) is 19.4. The molecule has 2 aromatic rings. The van der Waals surface area contributed by atoms with E-state index in [1.807, 2.05) is 31.2 Å². The van der Waals surface area contributed by atoms with Gasteiger partial charge >= 0.3 is 5.97 Å². The lowest BCUT2D eigenvalue weighted by molar-refractivity contribution is -0.136. The summed E-state index contributed by atoms with van der Waals surface area (Å²) >= 11 is 0. The average molecular weight is 366 g/mol. The maximum absolute atomic E-state index is 12.4. The zero-order valence-electron chi connectivity index (χ0n) is 15.1. The number of aliphatic carboxylic acids is 1. The van der Waals surface area contributed by atoms with Crippen LogP contribution in [-0.4, -0.2) is 40.4 Å². The first kappa shape index (κ1) is 18.6. The second kappa shape index (κ2) is 8.03. The van der Waals surface area contributed by atoms with Crippen LogP contribution in [0.1, 0.15) is 46.0 Å². The number of hydrogen-bond donors (Lipinski definition) is 2. The molecule has 0 bridgehead atoms. The quantitative estimate of drug-likeness (QED) is 0.701. The molecule has 140 valence electrons. The highest BCUT2D eigenvalue weighted by molar-refractivity contribution is 6.21. The van der Waals surface area contributed by atoms with Crippen molar-refractivity contribution in [3.05, 3.63) is 65.2 Å². The minimum Gasteiger partial charge on any atom is -0.481 e. The normalized spacial score (nSPS) is 14.2. The molecule has 0 saturated heterocycles. The molecule has 0 radical (unpaired) electrons. The van der Waals surface area contributed by atoms with E-state index in [0.29, 0.717) is 30.5 Å². The molecule has 1 unspecified atom stereocenters. The van der Waals surface area contributed by atoms with Gasteiger partial charge in [-0.2, -0.15) is 0 Å². The van der Waals surface area contributed by atoms with Crippen LogP contribution in [-0.2, 0) is 11.2 Å². The monoisotopic (exact) mass is 366 g/mol. The van der Waals surface area contributed by atoms with Gasteiger partial charge < -0.3 is 10.4 Å². The number of rotatable bonds is 8. The van der Waals surface area contributed by atoms with E-state index in [0.717, 1.165) is 11.3 Å². The summed E-state index contributed by atoms with van der Waals surface area (Å²) in [7, 11) is 0. The lowest BCUT2D eigenvalue weighted by Crippen LogP contribution is -2.33. The standard InChI is InChI=1S/C21H22N2O4/c1-14(22-16-6-4-5-15(13-16)9-10-19(24)25)11-12-23-20(26)17-7-2-3-8-18(17)21(23)27/h2-8,13-14,22H,9-12H2,1H3,(H,24,25). The highest BCUT2D eigenvalue weighted by atomic mass is 16.4. The number of fused-ring (bicyclic) bond motifs is 1. The topological polar surface area (TPSA) is 86.7 Å². The number of amides is 2. The summed E-state index contributed by atoms with van der Waals surface area (Å²) in [4.78, 5) is 36.8. The van der Waals surface area contributed by atoms with Crippen LogP contribution in [0.5, 0.6) is 0 Å². The predicted octanol–water partition coefficient (Wildman–Crippen LogP) is 3.19. The van der Waals surface area contributed by atoms with E-state index in [2.05, 4.69) is 5.32 Å². The van der Waals surface area contributed by atoms with Gasteiger partial charge in [-0.25, -0.2) is 0 Å². The number of imide groups is 1. The number of nitrogens with one attached hydrogen (secondary N) is 1. The smallest absolute Gasteiger partial charge is 0.303 e. The first-order chi connectivity index (χ1) is 13.0. The Morgan fingerprint density at radius 2 is 1.74 bits per heavy atom. The van der Waals surface area contributed by atoms with Gasteiger partial charge in [0.15, 0.2) is 0 Å². The fraction of sp³-hybridized carbons (Fsp3) is 0.286.